The Kier molecular flexibility index (Phi) is 11.0. The van der Waals surface area contributed by atoms with Gasteiger partial charge in [-0.2, -0.15) is 0 Å². The van der Waals surface area contributed by atoms with E-state index in [-0.39, 0.29) is 37.8 Å². The van der Waals surface area contributed by atoms with Crippen LogP contribution in [-0.4, -0.2) is 76.3 Å². The molecule has 1 spiro atoms. The third-order valence-electron chi connectivity index (χ3n) is 9.52. The Morgan fingerprint density at radius 3 is 2.54 bits per heavy atom. The van der Waals surface area contributed by atoms with Crippen molar-refractivity contribution in [3.8, 4) is 0 Å². The zero-order valence-electron chi connectivity index (χ0n) is 28.4. The molecule has 4 aliphatic rings. The van der Waals surface area contributed by atoms with Crippen LogP contribution in [0.4, 0.5) is 0 Å². The van der Waals surface area contributed by atoms with Crippen molar-refractivity contribution in [2.75, 3.05) is 6.54 Å². The number of hydrogen-bond acceptors (Lipinski definition) is 7. The number of oxime groups is 1. The molecule has 260 valence electrons. The average molecular weight is 682 g/mol. The molecule has 1 aromatic rings. The summed E-state index contributed by atoms with van der Waals surface area (Å²) in [5.74, 6) is -2.64. The number of carbonyl (C=O) groups excluding carboxylic acids is 5. The van der Waals surface area contributed by atoms with Crippen LogP contribution in [0.3, 0.4) is 0 Å². The van der Waals surface area contributed by atoms with E-state index in [9.17, 15) is 24.0 Å². The minimum Gasteiger partial charge on any atom is -0.387 e. The fourth-order valence-corrected chi connectivity index (χ4v) is 6.91. The topological polar surface area (TPSA) is 146 Å². The molecule has 2 aliphatic carbocycles. The van der Waals surface area contributed by atoms with Crippen LogP contribution in [0.25, 0.3) is 0 Å². The maximum Gasteiger partial charge on any atom is 0.289 e. The first-order valence-corrected chi connectivity index (χ1v) is 17.6. The van der Waals surface area contributed by atoms with E-state index in [0.29, 0.717) is 23.6 Å². The van der Waals surface area contributed by atoms with Crippen molar-refractivity contribution in [1.29, 1.82) is 0 Å². The van der Waals surface area contributed by atoms with Gasteiger partial charge < -0.3 is 25.7 Å². The fourth-order valence-electron chi connectivity index (χ4n) is 6.72. The van der Waals surface area contributed by atoms with E-state index < -0.39 is 52.6 Å². The first-order chi connectivity index (χ1) is 22.8. The van der Waals surface area contributed by atoms with E-state index >= 15 is 0 Å². The minimum absolute atomic E-state index is 0.00520. The van der Waals surface area contributed by atoms with Crippen LogP contribution < -0.4 is 16.0 Å². The number of benzene rings is 1. The molecule has 2 fully saturated rings. The molecule has 1 aromatic carbocycles. The van der Waals surface area contributed by atoms with Crippen molar-refractivity contribution in [2.45, 2.75) is 128 Å². The molecule has 0 radical (unpaired) electrons. The van der Waals surface area contributed by atoms with E-state index in [2.05, 4.69) is 27.2 Å². The first-order valence-electron chi connectivity index (χ1n) is 17.2. The molecule has 5 rings (SSSR count). The first kappa shape index (κ1) is 35.6. The summed E-state index contributed by atoms with van der Waals surface area (Å²) >= 11 is 6.24. The summed E-state index contributed by atoms with van der Waals surface area (Å²) in [4.78, 5) is 75.2. The molecule has 1 saturated carbocycles. The third kappa shape index (κ3) is 8.64. The lowest BCUT2D eigenvalue weighted by Crippen LogP contribution is -2.59. The van der Waals surface area contributed by atoms with Crippen LogP contribution in [0.2, 0.25) is 5.02 Å². The van der Waals surface area contributed by atoms with Crippen molar-refractivity contribution in [3.05, 3.63) is 46.5 Å². The molecule has 4 atom stereocenters. The molecule has 2 aliphatic heterocycles. The zero-order valence-corrected chi connectivity index (χ0v) is 29.2. The van der Waals surface area contributed by atoms with Crippen LogP contribution in [0.1, 0.15) is 104 Å². The highest BCUT2D eigenvalue weighted by Gasteiger charge is 2.55. The van der Waals surface area contributed by atoms with Crippen molar-refractivity contribution in [1.82, 2.24) is 20.9 Å². The summed E-state index contributed by atoms with van der Waals surface area (Å²) in [7, 11) is 0. The van der Waals surface area contributed by atoms with Gasteiger partial charge in [-0.1, -0.05) is 74.7 Å². The van der Waals surface area contributed by atoms with Crippen LogP contribution in [0.15, 0.2) is 41.1 Å². The zero-order chi connectivity index (χ0) is 34.6. The van der Waals surface area contributed by atoms with E-state index in [1.807, 2.05) is 39.8 Å². The number of allylic oxidation sites excluding steroid dienone is 1. The van der Waals surface area contributed by atoms with Gasteiger partial charge in [0.15, 0.2) is 5.60 Å². The van der Waals surface area contributed by atoms with Crippen LogP contribution in [-0.2, 0) is 28.8 Å². The standard InChI is InChI=1S/C36H48ClN5O6/c1-5-10-26(30(44)33(46)38-25-15-16-25)39-32(45)28-20-36(19-27(41-48-36)23-13-9-14-24(37)18-23)21-42(28)34(47)31(35(2,3)4)40-29(43)17-22-11-7-6-8-12-22/h9,11,13-14,18,25-26,28,31H,5-8,10,12,15-17,19-21H2,1-4H3,(H,38,46)(H,39,45)(H,40,43)/t26-,28-,31+,36+/m0/s1. The van der Waals surface area contributed by atoms with Gasteiger partial charge in [0.05, 0.1) is 18.3 Å². The van der Waals surface area contributed by atoms with Crippen LogP contribution in [0.5, 0.6) is 0 Å². The summed E-state index contributed by atoms with van der Waals surface area (Å²) in [5.41, 5.74) is 0.784. The Labute approximate surface area is 287 Å². The second-order valence-electron chi connectivity index (χ2n) is 14.8. The molecule has 0 bridgehead atoms. The number of halogens is 1. The number of Topliss-reactive ketones (excluding diaryl/α,β-unsaturated/α-hetero) is 1. The predicted octanol–water partition coefficient (Wildman–Crippen LogP) is 4.36. The summed E-state index contributed by atoms with van der Waals surface area (Å²) in [6, 6.07) is 4.21. The molecular weight excluding hydrogens is 634 g/mol. The van der Waals surface area contributed by atoms with Gasteiger partial charge in [-0.3, -0.25) is 24.0 Å². The van der Waals surface area contributed by atoms with Crippen molar-refractivity contribution < 1.29 is 28.8 Å². The van der Waals surface area contributed by atoms with Gasteiger partial charge in [-0.15, -0.1) is 0 Å². The highest BCUT2D eigenvalue weighted by molar-refractivity contribution is 6.38. The largest absolute Gasteiger partial charge is 0.387 e. The maximum atomic E-state index is 14.5. The molecular formula is C36H48ClN5O6. The van der Waals surface area contributed by atoms with Gasteiger partial charge in [0, 0.05) is 35.9 Å². The van der Waals surface area contributed by atoms with Gasteiger partial charge in [0.2, 0.25) is 23.5 Å². The number of nitrogens with one attached hydrogen (secondary N) is 3. The summed E-state index contributed by atoms with van der Waals surface area (Å²) in [6.07, 6.45) is 9.18. The SMILES string of the molecule is CCC[C@H](NC(=O)[C@@H]1C[C@]2(CC(c3cccc(Cl)c3)=NO2)CN1C(=O)[C@@H](NC(=O)CC1=CCCCC1)C(C)(C)C)C(=O)C(=O)NC1CC1. The second kappa shape index (κ2) is 14.8. The maximum absolute atomic E-state index is 14.5. The summed E-state index contributed by atoms with van der Waals surface area (Å²) in [6.45, 7) is 7.53. The Bertz CT molecular complexity index is 1500. The number of carbonyl (C=O) groups is 5. The van der Waals surface area contributed by atoms with E-state index in [1.165, 1.54) is 4.90 Å². The van der Waals surface area contributed by atoms with Gasteiger partial charge in [0.25, 0.3) is 5.91 Å². The highest BCUT2D eigenvalue weighted by Crippen LogP contribution is 2.40. The van der Waals surface area contributed by atoms with Gasteiger partial charge >= 0.3 is 0 Å². The molecule has 4 amide bonds. The number of ketones is 1. The quantitative estimate of drug-likeness (QED) is 0.221. The fraction of sp³-hybridized carbons (Fsp3) is 0.611. The van der Waals surface area contributed by atoms with Crippen LogP contribution in [0, 0.1) is 5.41 Å². The molecule has 48 heavy (non-hydrogen) atoms. The van der Waals surface area contributed by atoms with E-state index in [4.69, 9.17) is 16.4 Å². The smallest absolute Gasteiger partial charge is 0.289 e. The predicted molar refractivity (Wildman–Crippen MR) is 182 cm³/mol. The Balaban J connectivity index is 1.39. The highest BCUT2D eigenvalue weighted by atomic mass is 35.5. The molecule has 0 aromatic heterocycles. The molecule has 2 heterocycles. The van der Waals surface area contributed by atoms with E-state index in [1.54, 1.807) is 12.1 Å². The Morgan fingerprint density at radius 1 is 1.12 bits per heavy atom. The van der Waals surface area contributed by atoms with Gasteiger partial charge in [-0.05, 0) is 62.5 Å². The summed E-state index contributed by atoms with van der Waals surface area (Å²) < 4.78 is 0. The molecule has 12 heteroatoms. The Morgan fingerprint density at radius 2 is 1.90 bits per heavy atom. The second-order valence-corrected chi connectivity index (χ2v) is 15.2. The number of nitrogens with zero attached hydrogens (tertiary/aromatic N) is 2. The summed E-state index contributed by atoms with van der Waals surface area (Å²) in [5, 5.41) is 13.4. The lowest BCUT2D eigenvalue weighted by molar-refractivity contribution is -0.145. The van der Waals surface area contributed by atoms with Crippen molar-refractivity contribution in [3.63, 3.8) is 0 Å². The third-order valence-corrected chi connectivity index (χ3v) is 9.76. The monoisotopic (exact) mass is 681 g/mol. The normalized spacial score (nSPS) is 23.4. The molecule has 3 N–H and O–H groups in total. The lowest BCUT2D eigenvalue weighted by Gasteiger charge is -2.35. The Hall–Kier alpha value is -3.73. The minimum atomic E-state index is -1.04. The van der Waals surface area contributed by atoms with Gasteiger partial charge in [-0.25, -0.2) is 0 Å². The van der Waals surface area contributed by atoms with Crippen molar-refractivity contribution >= 4 is 46.7 Å². The number of rotatable bonds is 12. The van der Waals surface area contributed by atoms with E-state index in [0.717, 1.165) is 49.7 Å². The number of hydrogen-bond donors (Lipinski definition) is 3. The number of amides is 4. The van der Waals surface area contributed by atoms with Gasteiger partial charge in [0.1, 0.15) is 12.1 Å². The average Bonchev–Trinajstić information content (AvgIpc) is 3.63. The van der Waals surface area contributed by atoms with Crippen LogP contribution >= 0.6 is 11.6 Å². The molecule has 0 unspecified atom stereocenters. The lowest BCUT2D eigenvalue weighted by atomic mass is 9.85. The molecule has 11 nitrogen and oxygen atoms in total. The molecule has 1 saturated heterocycles. The number of likely N-dealkylation sites (tertiary alicyclic amines) is 1. The van der Waals surface area contributed by atoms with Crippen molar-refractivity contribution in [2.24, 2.45) is 10.6 Å².